The average molecular weight is 264 g/mol. The molecule has 0 spiro atoms. The van der Waals surface area contributed by atoms with Gasteiger partial charge in [0.1, 0.15) is 0 Å². The molecule has 0 aromatic carbocycles. The van der Waals surface area contributed by atoms with Gasteiger partial charge in [-0.05, 0) is 0 Å². The van der Waals surface area contributed by atoms with Gasteiger partial charge in [-0.25, -0.2) is 0 Å². The van der Waals surface area contributed by atoms with E-state index in [1.54, 1.807) is 33.4 Å². The first kappa shape index (κ1) is 13.3. The van der Waals surface area contributed by atoms with E-state index in [4.69, 9.17) is 14.0 Å². The highest BCUT2D eigenvalue weighted by molar-refractivity contribution is 5.42. The highest BCUT2D eigenvalue weighted by Gasteiger charge is 2.11. The standard InChI is InChI=1S/C12H16N4O3/c1-8-15-11(16-19-8)7-13-6-9-12(18-3)10(17-2)4-5-14-9/h4-5,13H,6-7H2,1-3H3. The number of pyridine rings is 1. The first-order valence-corrected chi connectivity index (χ1v) is 5.80. The zero-order chi connectivity index (χ0) is 13.7. The van der Waals surface area contributed by atoms with Crippen molar-refractivity contribution in [2.75, 3.05) is 14.2 Å². The number of ether oxygens (including phenoxy) is 2. The third kappa shape index (κ3) is 3.19. The molecular weight excluding hydrogens is 248 g/mol. The minimum Gasteiger partial charge on any atom is -0.493 e. The van der Waals surface area contributed by atoms with Gasteiger partial charge in [-0.15, -0.1) is 0 Å². The van der Waals surface area contributed by atoms with Crippen LogP contribution < -0.4 is 14.8 Å². The maximum Gasteiger partial charge on any atom is 0.223 e. The fraction of sp³-hybridized carbons (Fsp3) is 0.417. The van der Waals surface area contributed by atoms with Crippen LogP contribution >= 0.6 is 0 Å². The summed E-state index contributed by atoms with van der Waals surface area (Å²) in [6, 6.07) is 1.75. The van der Waals surface area contributed by atoms with Crippen LogP contribution in [0.15, 0.2) is 16.8 Å². The highest BCUT2D eigenvalue weighted by Crippen LogP contribution is 2.28. The Morgan fingerprint density at radius 3 is 2.74 bits per heavy atom. The topological polar surface area (TPSA) is 82.3 Å². The summed E-state index contributed by atoms with van der Waals surface area (Å²) in [5.41, 5.74) is 0.766. The lowest BCUT2D eigenvalue weighted by Gasteiger charge is -2.11. The largest absolute Gasteiger partial charge is 0.493 e. The molecule has 0 saturated carbocycles. The van der Waals surface area contributed by atoms with Gasteiger partial charge in [-0.2, -0.15) is 4.98 Å². The number of aromatic nitrogens is 3. The quantitative estimate of drug-likeness (QED) is 0.835. The maximum absolute atomic E-state index is 5.30. The van der Waals surface area contributed by atoms with Gasteiger partial charge in [0, 0.05) is 25.7 Å². The van der Waals surface area contributed by atoms with Crippen molar-refractivity contribution in [3.63, 3.8) is 0 Å². The first-order valence-electron chi connectivity index (χ1n) is 5.80. The molecule has 0 aliphatic carbocycles. The lowest BCUT2D eigenvalue weighted by molar-refractivity contribution is 0.348. The number of nitrogens with zero attached hydrogens (tertiary/aromatic N) is 3. The summed E-state index contributed by atoms with van der Waals surface area (Å²) < 4.78 is 15.4. The summed E-state index contributed by atoms with van der Waals surface area (Å²) in [4.78, 5) is 8.36. The molecule has 2 rings (SSSR count). The van der Waals surface area contributed by atoms with Gasteiger partial charge < -0.3 is 19.3 Å². The fourth-order valence-corrected chi connectivity index (χ4v) is 1.68. The van der Waals surface area contributed by atoms with Crippen LogP contribution in [0, 0.1) is 6.92 Å². The lowest BCUT2D eigenvalue weighted by Crippen LogP contribution is -2.15. The summed E-state index contributed by atoms with van der Waals surface area (Å²) in [5.74, 6) is 2.44. The number of hydrogen-bond acceptors (Lipinski definition) is 7. The number of hydrogen-bond donors (Lipinski definition) is 1. The normalized spacial score (nSPS) is 10.5. The van der Waals surface area contributed by atoms with Crippen molar-refractivity contribution in [2.24, 2.45) is 0 Å². The van der Waals surface area contributed by atoms with Gasteiger partial charge in [0.05, 0.1) is 26.5 Å². The molecule has 2 heterocycles. The van der Waals surface area contributed by atoms with Crippen LogP contribution in [0.5, 0.6) is 11.5 Å². The Bertz CT molecular complexity index is 542. The van der Waals surface area contributed by atoms with Gasteiger partial charge in [0.2, 0.25) is 5.89 Å². The molecule has 7 nitrogen and oxygen atoms in total. The maximum atomic E-state index is 5.30. The number of nitrogens with one attached hydrogen (secondary N) is 1. The predicted molar refractivity (Wildman–Crippen MR) is 66.9 cm³/mol. The second kappa shape index (κ2) is 6.14. The summed E-state index contributed by atoms with van der Waals surface area (Å²) in [6.07, 6.45) is 1.68. The summed E-state index contributed by atoms with van der Waals surface area (Å²) >= 11 is 0. The molecule has 1 N–H and O–H groups in total. The van der Waals surface area contributed by atoms with Gasteiger partial charge in [0.25, 0.3) is 0 Å². The summed E-state index contributed by atoms with van der Waals surface area (Å²) in [6.45, 7) is 2.77. The van der Waals surface area contributed by atoms with Gasteiger partial charge in [-0.1, -0.05) is 5.16 Å². The second-order valence-electron chi connectivity index (χ2n) is 3.83. The summed E-state index contributed by atoms with van der Waals surface area (Å²) in [5, 5.41) is 6.97. The van der Waals surface area contributed by atoms with Crippen molar-refractivity contribution in [2.45, 2.75) is 20.0 Å². The molecule has 19 heavy (non-hydrogen) atoms. The third-order valence-electron chi connectivity index (χ3n) is 2.51. The molecule has 0 bridgehead atoms. The van der Waals surface area contributed by atoms with Crippen LogP contribution in [0.25, 0.3) is 0 Å². The van der Waals surface area contributed by atoms with E-state index in [-0.39, 0.29) is 0 Å². The minimum atomic E-state index is 0.499. The highest BCUT2D eigenvalue weighted by atomic mass is 16.5. The minimum absolute atomic E-state index is 0.499. The Labute approximate surface area is 110 Å². The van der Waals surface area contributed by atoms with Crippen molar-refractivity contribution >= 4 is 0 Å². The molecule has 0 aliphatic heterocycles. The van der Waals surface area contributed by atoms with E-state index in [2.05, 4.69) is 20.4 Å². The van der Waals surface area contributed by atoms with Gasteiger partial charge in [0.15, 0.2) is 17.3 Å². The van der Waals surface area contributed by atoms with Crippen molar-refractivity contribution < 1.29 is 14.0 Å². The van der Waals surface area contributed by atoms with E-state index in [1.165, 1.54) is 0 Å². The van der Waals surface area contributed by atoms with Crippen molar-refractivity contribution in [3.05, 3.63) is 29.7 Å². The number of aryl methyl sites for hydroxylation is 1. The molecule has 0 saturated heterocycles. The Morgan fingerprint density at radius 1 is 1.26 bits per heavy atom. The Kier molecular flexibility index (Phi) is 4.30. The molecule has 2 aromatic heterocycles. The van der Waals surface area contributed by atoms with E-state index >= 15 is 0 Å². The van der Waals surface area contributed by atoms with Crippen LogP contribution in [0.2, 0.25) is 0 Å². The zero-order valence-electron chi connectivity index (χ0n) is 11.1. The molecule has 0 amide bonds. The molecule has 0 aliphatic rings. The van der Waals surface area contributed by atoms with Crippen LogP contribution in [-0.2, 0) is 13.1 Å². The van der Waals surface area contributed by atoms with E-state index in [0.717, 1.165) is 5.69 Å². The second-order valence-corrected chi connectivity index (χ2v) is 3.83. The zero-order valence-corrected chi connectivity index (χ0v) is 11.1. The SMILES string of the molecule is COc1ccnc(CNCc2noc(C)n2)c1OC. The fourth-order valence-electron chi connectivity index (χ4n) is 1.68. The Morgan fingerprint density at radius 2 is 2.11 bits per heavy atom. The van der Waals surface area contributed by atoms with E-state index in [0.29, 0.717) is 36.3 Å². The molecule has 102 valence electrons. The van der Waals surface area contributed by atoms with E-state index in [9.17, 15) is 0 Å². The Hall–Kier alpha value is -2.15. The molecule has 0 atom stereocenters. The molecule has 0 unspecified atom stereocenters. The van der Waals surface area contributed by atoms with Gasteiger partial charge >= 0.3 is 0 Å². The van der Waals surface area contributed by atoms with Crippen LogP contribution in [0.4, 0.5) is 0 Å². The number of methoxy groups -OCH3 is 2. The average Bonchev–Trinajstić information content (AvgIpc) is 2.84. The predicted octanol–water partition coefficient (Wildman–Crippen LogP) is 1.08. The molecule has 0 radical (unpaired) electrons. The first-order chi connectivity index (χ1) is 9.24. The monoisotopic (exact) mass is 264 g/mol. The molecule has 7 heteroatoms. The van der Waals surface area contributed by atoms with E-state index in [1.807, 2.05) is 0 Å². The van der Waals surface area contributed by atoms with Gasteiger partial charge in [-0.3, -0.25) is 4.98 Å². The molecular formula is C12H16N4O3. The van der Waals surface area contributed by atoms with Crippen LogP contribution in [0.1, 0.15) is 17.4 Å². The number of rotatable bonds is 6. The van der Waals surface area contributed by atoms with Crippen LogP contribution in [-0.4, -0.2) is 29.3 Å². The van der Waals surface area contributed by atoms with E-state index < -0.39 is 0 Å². The molecule has 2 aromatic rings. The molecule has 0 fully saturated rings. The Balaban J connectivity index is 1.99. The summed E-state index contributed by atoms with van der Waals surface area (Å²) in [7, 11) is 3.18. The third-order valence-corrected chi connectivity index (χ3v) is 2.51. The van der Waals surface area contributed by atoms with Crippen LogP contribution in [0.3, 0.4) is 0 Å². The van der Waals surface area contributed by atoms with Crippen molar-refractivity contribution in [1.82, 2.24) is 20.4 Å². The smallest absolute Gasteiger partial charge is 0.223 e. The van der Waals surface area contributed by atoms with Crippen molar-refractivity contribution in [1.29, 1.82) is 0 Å². The lowest BCUT2D eigenvalue weighted by atomic mass is 10.3. The van der Waals surface area contributed by atoms with Crippen molar-refractivity contribution in [3.8, 4) is 11.5 Å².